The molecule has 0 aliphatic heterocycles. The molecule has 1 aromatic rings. The van der Waals surface area contributed by atoms with Crippen molar-refractivity contribution in [3.63, 3.8) is 0 Å². The van der Waals surface area contributed by atoms with Crippen LogP contribution in [0.15, 0.2) is 6.20 Å². The van der Waals surface area contributed by atoms with E-state index in [1.165, 1.54) is 0 Å². The lowest BCUT2D eigenvalue weighted by atomic mass is 10.3. The maximum atomic E-state index is 4.51. The third-order valence-electron chi connectivity index (χ3n) is 3.08. The summed E-state index contributed by atoms with van der Waals surface area (Å²) in [5.41, 5.74) is 1.08. The molecule has 0 bridgehead atoms. The first-order valence-electron chi connectivity index (χ1n) is 6.64. The average Bonchev–Trinajstić information content (AvgIpc) is 2.67. The fraction of sp³-hybridized carbons (Fsp3) is 0.769. The van der Waals surface area contributed by atoms with Crippen molar-refractivity contribution in [3.8, 4) is 0 Å². The van der Waals surface area contributed by atoms with Crippen molar-refractivity contribution in [2.75, 3.05) is 31.5 Å². The van der Waals surface area contributed by atoms with Crippen LogP contribution < -0.4 is 5.32 Å². The van der Waals surface area contributed by atoms with Gasteiger partial charge in [-0.05, 0) is 33.9 Å². The minimum Gasteiger partial charge on any atom is -0.356 e. The molecule has 17 heavy (non-hydrogen) atoms. The zero-order chi connectivity index (χ0) is 12.8. The Balaban J connectivity index is 2.76. The minimum absolute atomic E-state index is 0.449. The van der Waals surface area contributed by atoms with Gasteiger partial charge in [-0.3, -0.25) is 0 Å². The summed E-state index contributed by atoms with van der Waals surface area (Å²) in [6, 6.07) is 0.449. The van der Waals surface area contributed by atoms with Crippen molar-refractivity contribution in [1.29, 1.82) is 0 Å². The number of hydrogen-bond acceptors (Lipinski definition) is 3. The molecular formula is C13H26N4. The number of hydrogen-bond donors (Lipinski definition) is 1. The van der Waals surface area contributed by atoms with Crippen LogP contribution in [-0.4, -0.2) is 40.6 Å². The number of likely N-dealkylation sites (N-methyl/N-ethyl adjacent to an activating group) is 1. The van der Waals surface area contributed by atoms with Gasteiger partial charge >= 0.3 is 0 Å². The molecule has 0 aliphatic rings. The van der Waals surface area contributed by atoms with Gasteiger partial charge in [-0.15, -0.1) is 0 Å². The Labute approximate surface area is 105 Å². The molecule has 0 aliphatic carbocycles. The highest BCUT2D eigenvalue weighted by atomic mass is 15.2. The highest BCUT2D eigenvalue weighted by molar-refractivity contribution is 5.29. The summed E-state index contributed by atoms with van der Waals surface area (Å²) in [6.45, 7) is 15.0. The van der Waals surface area contributed by atoms with Gasteiger partial charge in [-0.25, -0.2) is 4.98 Å². The van der Waals surface area contributed by atoms with Crippen LogP contribution in [0.1, 0.15) is 39.4 Å². The number of imidazole rings is 1. The predicted octanol–water partition coefficient (Wildman–Crippen LogP) is 2.53. The largest absolute Gasteiger partial charge is 0.356 e. The molecule has 1 rings (SSSR count). The zero-order valence-electron chi connectivity index (χ0n) is 11.8. The molecule has 1 aromatic heterocycles. The van der Waals surface area contributed by atoms with Gasteiger partial charge in [-0.1, -0.05) is 13.8 Å². The second kappa shape index (κ2) is 6.64. The van der Waals surface area contributed by atoms with Crippen LogP contribution >= 0.6 is 0 Å². The number of aryl methyl sites for hydroxylation is 1. The van der Waals surface area contributed by atoms with E-state index in [9.17, 15) is 0 Å². The van der Waals surface area contributed by atoms with E-state index >= 15 is 0 Å². The van der Waals surface area contributed by atoms with Crippen molar-refractivity contribution in [2.45, 2.75) is 40.7 Å². The fourth-order valence-corrected chi connectivity index (χ4v) is 2.08. The quantitative estimate of drug-likeness (QED) is 0.792. The molecule has 0 saturated heterocycles. The molecule has 0 aromatic carbocycles. The molecule has 4 heteroatoms. The van der Waals surface area contributed by atoms with Crippen LogP contribution in [0, 0.1) is 6.92 Å². The molecule has 0 saturated carbocycles. The Kier molecular flexibility index (Phi) is 5.48. The smallest absolute Gasteiger partial charge is 0.203 e. The molecule has 1 unspecified atom stereocenters. The topological polar surface area (TPSA) is 33.1 Å². The number of anilines is 1. The van der Waals surface area contributed by atoms with E-state index in [1.54, 1.807) is 0 Å². The van der Waals surface area contributed by atoms with Crippen LogP contribution in [0.2, 0.25) is 0 Å². The second-order valence-electron chi connectivity index (χ2n) is 4.48. The number of aromatic nitrogens is 2. The fourth-order valence-electron chi connectivity index (χ4n) is 2.08. The predicted molar refractivity (Wildman–Crippen MR) is 73.6 cm³/mol. The van der Waals surface area contributed by atoms with Gasteiger partial charge in [0.25, 0.3) is 0 Å². The minimum atomic E-state index is 0.449. The second-order valence-corrected chi connectivity index (χ2v) is 4.48. The Morgan fingerprint density at radius 1 is 1.35 bits per heavy atom. The summed E-state index contributed by atoms with van der Waals surface area (Å²) >= 11 is 0. The first-order chi connectivity index (χ1) is 8.12. The first kappa shape index (κ1) is 14.0. The maximum Gasteiger partial charge on any atom is 0.203 e. The molecule has 0 fully saturated rings. The lowest BCUT2D eigenvalue weighted by Crippen LogP contribution is -2.29. The van der Waals surface area contributed by atoms with Crippen molar-refractivity contribution in [1.82, 2.24) is 14.5 Å². The highest BCUT2D eigenvalue weighted by Crippen LogP contribution is 2.16. The molecule has 98 valence electrons. The van der Waals surface area contributed by atoms with Crippen LogP contribution in [0.25, 0.3) is 0 Å². The Hall–Kier alpha value is -1.03. The van der Waals surface area contributed by atoms with Gasteiger partial charge in [0.2, 0.25) is 5.95 Å². The van der Waals surface area contributed by atoms with Gasteiger partial charge in [-0.2, -0.15) is 0 Å². The Morgan fingerprint density at radius 2 is 2.00 bits per heavy atom. The van der Waals surface area contributed by atoms with Crippen LogP contribution in [0.4, 0.5) is 5.95 Å². The molecule has 4 nitrogen and oxygen atoms in total. The standard InChI is InChI=1S/C13H26N4/c1-6-14-13-15-11(4)9-17(13)12(5)10-16(7-2)8-3/h9,12H,6-8,10H2,1-5H3,(H,14,15). The third kappa shape index (κ3) is 3.73. The molecule has 1 N–H and O–H groups in total. The maximum absolute atomic E-state index is 4.51. The van der Waals surface area contributed by atoms with E-state index in [0.29, 0.717) is 6.04 Å². The van der Waals surface area contributed by atoms with Gasteiger partial charge in [0, 0.05) is 25.3 Å². The van der Waals surface area contributed by atoms with E-state index in [-0.39, 0.29) is 0 Å². The summed E-state index contributed by atoms with van der Waals surface area (Å²) < 4.78 is 2.25. The molecule has 0 radical (unpaired) electrons. The van der Waals surface area contributed by atoms with E-state index < -0.39 is 0 Å². The summed E-state index contributed by atoms with van der Waals surface area (Å²) in [6.07, 6.45) is 2.13. The van der Waals surface area contributed by atoms with E-state index in [1.807, 2.05) is 6.92 Å². The summed E-state index contributed by atoms with van der Waals surface area (Å²) in [7, 11) is 0. The van der Waals surface area contributed by atoms with Gasteiger partial charge in [0.1, 0.15) is 0 Å². The van der Waals surface area contributed by atoms with Crippen molar-refractivity contribution < 1.29 is 0 Å². The molecule has 0 amide bonds. The summed E-state index contributed by atoms with van der Waals surface area (Å²) in [5.74, 6) is 0.990. The lowest BCUT2D eigenvalue weighted by Gasteiger charge is -2.24. The number of nitrogens with one attached hydrogen (secondary N) is 1. The van der Waals surface area contributed by atoms with Crippen LogP contribution in [0.5, 0.6) is 0 Å². The van der Waals surface area contributed by atoms with Crippen molar-refractivity contribution in [3.05, 3.63) is 11.9 Å². The average molecular weight is 238 g/mol. The van der Waals surface area contributed by atoms with Crippen molar-refractivity contribution >= 4 is 5.95 Å². The van der Waals surface area contributed by atoms with Crippen molar-refractivity contribution in [2.24, 2.45) is 0 Å². The monoisotopic (exact) mass is 238 g/mol. The Morgan fingerprint density at radius 3 is 2.53 bits per heavy atom. The van der Waals surface area contributed by atoms with E-state index in [2.05, 4.69) is 53.7 Å². The molecule has 1 atom stereocenters. The zero-order valence-corrected chi connectivity index (χ0v) is 11.8. The number of rotatable bonds is 7. The summed E-state index contributed by atoms with van der Waals surface area (Å²) in [4.78, 5) is 6.95. The SMILES string of the molecule is CCNc1nc(C)cn1C(C)CN(CC)CC. The Bertz CT molecular complexity index is 328. The van der Waals surface area contributed by atoms with E-state index in [4.69, 9.17) is 0 Å². The first-order valence-corrected chi connectivity index (χ1v) is 6.64. The normalized spacial score (nSPS) is 13.1. The molecule has 1 heterocycles. The molecular weight excluding hydrogens is 212 g/mol. The highest BCUT2D eigenvalue weighted by Gasteiger charge is 2.13. The van der Waals surface area contributed by atoms with Gasteiger partial charge < -0.3 is 14.8 Å². The third-order valence-corrected chi connectivity index (χ3v) is 3.08. The van der Waals surface area contributed by atoms with Gasteiger partial charge in [0.05, 0.1) is 5.69 Å². The molecule has 0 spiro atoms. The van der Waals surface area contributed by atoms with Crippen LogP contribution in [-0.2, 0) is 0 Å². The van der Waals surface area contributed by atoms with E-state index in [0.717, 1.165) is 37.8 Å². The van der Waals surface area contributed by atoms with Crippen LogP contribution in [0.3, 0.4) is 0 Å². The van der Waals surface area contributed by atoms with Gasteiger partial charge in [0.15, 0.2) is 0 Å². The lowest BCUT2D eigenvalue weighted by molar-refractivity contribution is 0.262. The summed E-state index contributed by atoms with van der Waals surface area (Å²) in [5, 5.41) is 3.32. The number of nitrogens with zero attached hydrogens (tertiary/aromatic N) is 3.